The van der Waals surface area contributed by atoms with Crippen molar-refractivity contribution in [1.82, 2.24) is 0 Å². The van der Waals surface area contributed by atoms with Crippen LogP contribution in [0.1, 0.15) is 23.6 Å². The molecule has 2 rings (SSSR count). The minimum Gasteiger partial charge on any atom is -0.381 e. The monoisotopic (exact) mass is 246 g/mol. The van der Waals surface area contributed by atoms with Crippen molar-refractivity contribution in [1.29, 1.82) is 0 Å². The summed E-state index contributed by atoms with van der Waals surface area (Å²) in [4.78, 5) is 0. The van der Waals surface area contributed by atoms with Crippen LogP contribution in [0.25, 0.3) is 0 Å². The van der Waals surface area contributed by atoms with Crippen molar-refractivity contribution in [2.24, 2.45) is 0 Å². The van der Waals surface area contributed by atoms with Crippen LogP contribution < -0.4 is 0 Å². The van der Waals surface area contributed by atoms with Gasteiger partial charge in [-0.05, 0) is 36.6 Å². The van der Waals surface area contributed by atoms with E-state index in [4.69, 9.17) is 11.6 Å². The van der Waals surface area contributed by atoms with Gasteiger partial charge in [0.1, 0.15) is 5.60 Å². The normalized spacial score (nSPS) is 14.4. The van der Waals surface area contributed by atoms with Crippen LogP contribution in [0.5, 0.6) is 0 Å². The molecule has 1 atom stereocenters. The topological polar surface area (TPSA) is 20.2 Å². The average molecular weight is 247 g/mol. The number of halogens is 1. The van der Waals surface area contributed by atoms with Gasteiger partial charge >= 0.3 is 0 Å². The van der Waals surface area contributed by atoms with Gasteiger partial charge in [0.05, 0.1) is 0 Å². The van der Waals surface area contributed by atoms with Crippen LogP contribution in [0.3, 0.4) is 0 Å². The van der Waals surface area contributed by atoms with Gasteiger partial charge in [0.25, 0.3) is 0 Å². The first-order chi connectivity index (χ1) is 8.01. The molecule has 0 aromatic heterocycles. The molecule has 0 spiro atoms. The van der Waals surface area contributed by atoms with Crippen LogP contribution in [0, 0.1) is 6.92 Å². The highest BCUT2D eigenvalue weighted by Gasteiger charge is 2.25. The van der Waals surface area contributed by atoms with Gasteiger partial charge in [0.15, 0.2) is 0 Å². The quantitative estimate of drug-likeness (QED) is 0.852. The van der Waals surface area contributed by atoms with Crippen LogP contribution in [-0.2, 0) is 5.60 Å². The Labute approximate surface area is 107 Å². The van der Waals surface area contributed by atoms with E-state index in [-0.39, 0.29) is 0 Å². The summed E-state index contributed by atoms with van der Waals surface area (Å²) in [6.45, 7) is 3.73. The molecule has 2 aromatic rings. The molecule has 1 nitrogen and oxygen atoms in total. The number of aryl methyl sites for hydroxylation is 1. The summed E-state index contributed by atoms with van der Waals surface area (Å²) < 4.78 is 0. The lowest BCUT2D eigenvalue weighted by Gasteiger charge is -2.25. The second-order valence-electron chi connectivity index (χ2n) is 4.40. The van der Waals surface area contributed by atoms with Gasteiger partial charge in [-0.15, -0.1) is 0 Å². The summed E-state index contributed by atoms with van der Waals surface area (Å²) in [5, 5.41) is 11.3. The third-order valence-corrected chi connectivity index (χ3v) is 3.48. The largest absolute Gasteiger partial charge is 0.381 e. The molecule has 0 saturated heterocycles. The van der Waals surface area contributed by atoms with Gasteiger partial charge in [-0.3, -0.25) is 0 Å². The molecule has 0 aliphatic carbocycles. The molecule has 0 aliphatic rings. The van der Waals surface area contributed by atoms with E-state index < -0.39 is 5.60 Å². The minimum atomic E-state index is -1.02. The van der Waals surface area contributed by atoms with Crippen LogP contribution >= 0.6 is 11.6 Å². The van der Waals surface area contributed by atoms with Gasteiger partial charge in [-0.25, -0.2) is 0 Å². The first-order valence-electron chi connectivity index (χ1n) is 5.56. The summed E-state index contributed by atoms with van der Waals surface area (Å²) in [6.07, 6.45) is 0. The van der Waals surface area contributed by atoms with E-state index in [1.165, 1.54) is 0 Å². The lowest BCUT2D eigenvalue weighted by Crippen LogP contribution is -2.22. The zero-order chi connectivity index (χ0) is 12.5. The number of rotatable bonds is 2. The Bertz CT molecular complexity index is 518. The van der Waals surface area contributed by atoms with Gasteiger partial charge in [0, 0.05) is 5.02 Å². The van der Waals surface area contributed by atoms with E-state index in [0.29, 0.717) is 5.02 Å². The van der Waals surface area contributed by atoms with Crippen LogP contribution in [0.4, 0.5) is 0 Å². The fraction of sp³-hybridized carbons (Fsp3) is 0.200. The lowest BCUT2D eigenvalue weighted by atomic mass is 9.88. The van der Waals surface area contributed by atoms with Crippen LogP contribution in [0.2, 0.25) is 5.02 Å². The second kappa shape index (κ2) is 4.52. The maximum atomic E-state index is 10.6. The SMILES string of the molecule is Cc1ccc(C(C)(O)c2ccccc2)cc1Cl. The molecule has 2 aromatic carbocycles. The number of benzene rings is 2. The highest BCUT2D eigenvalue weighted by atomic mass is 35.5. The average Bonchev–Trinajstić information content (AvgIpc) is 2.33. The van der Waals surface area contributed by atoms with Crippen molar-refractivity contribution < 1.29 is 5.11 Å². The first-order valence-corrected chi connectivity index (χ1v) is 5.94. The van der Waals surface area contributed by atoms with Crippen LogP contribution in [0.15, 0.2) is 48.5 Å². The molecule has 0 amide bonds. The molecule has 0 heterocycles. The zero-order valence-electron chi connectivity index (χ0n) is 9.94. The minimum absolute atomic E-state index is 0.679. The van der Waals surface area contributed by atoms with Crippen molar-refractivity contribution in [3.8, 4) is 0 Å². The molecule has 2 heteroatoms. The van der Waals surface area contributed by atoms with E-state index in [0.717, 1.165) is 16.7 Å². The summed E-state index contributed by atoms with van der Waals surface area (Å²) in [5.41, 5.74) is 1.66. The van der Waals surface area contributed by atoms with E-state index in [1.54, 1.807) is 6.92 Å². The Morgan fingerprint density at radius 1 is 1.00 bits per heavy atom. The molecular weight excluding hydrogens is 232 g/mol. The van der Waals surface area contributed by atoms with Crippen molar-refractivity contribution in [2.45, 2.75) is 19.4 Å². The predicted octanol–water partition coefficient (Wildman–Crippen LogP) is 3.90. The van der Waals surface area contributed by atoms with E-state index in [1.807, 2.05) is 55.5 Å². The van der Waals surface area contributed by atoms with E-state index in [9.17, 15) is 5.11 Å². The Kier molecular flexibility index (Phi) is 3.23. The number of hydrogen-bond acceptors (Lipinski definition) is 1. The molecule has 1 N–H and O–H groups in total. The summed E-state index contributed by atoms with van der Waals surface area (Å²) in [6, 6.07) is 15.2. The Morgan fingerprint density at radius 2 is 1.65 bits per heavy atom. The molecule has 0 bridgehead atoms. The first kappa shape index (κ1) is 12.2. The molecule has 17 heavy (non-hydrogen) atoms. The van der Waals surface area contributed by atoms with Gasteiger partial charge in [-0.2, -0.15) is 0 Å². The number of hydrogen-bond donors (Lipinski definition) is 1. The highest BCUT2D eigenvalue weighted by molar-refractivity contribution is 6.31. The fourth-order valence-electron chi connectivity index (χ4n) is 1.83. The highest BCUT2D eigenvalue weighted by Crippen LogP contribution is 2.31. The summed E-state index contributed by atoms with van der Waals surface area (Å²) >= 11 is 6.10. The van der Waals surface area contributed by atoms with Gasteiger partial charge in [-0.1, -0.05) is 54.1 Å². The zero-order valence-corrected chi connectivity index (χ0v) is 10.7. The lowest BCUT2D eigenvalue weighted by molar-refractivity contribution is 0.102. The summed E-state index contributed by atoms with van der Waals surface area (Å²) in [5.74, 6) is 0. The van der Waals surface area contributed by atoms with E-state index >= 15 is 0 Å². The maximum absolute atomic E-state index is 10.6. The molecular formula is C15H15ClO. The van der Waals surface area contributed by atoms with Crippen LogP contribution in [-0.4, -0.2) is 5.11 Å². The molecule has 0 fully saturated rings. The van der Waals surface area contributed by atoms with Crippen molar-refractivity contribution in [2.75, 3.05) is 0 Å². The third kappa shape index (κ3) is 2.36. The van der Waals surface area contributed by atoms with Gasteiger partial charge in [0.2, 0.25) is 0 Å². The smallest absolute Gasteiger partial charge is 0.112 e. The Hall–Kier alpha value is -1.31. The Balaban J connectivity index is 2.48. The predicted molar refractivity (Wildman–Crippen MR) is 71.3 cm³/mol. The molecule has 88 valence electrons. The second-order valence-corrected chi connectivity index (χ2v) is 4.81. The number of aliphatic hydroxyl groups is 1. The molecule has 1 unspecified atom stereocenters. The van der Waals surface area contributed by atoms with Crippen molar-refractivity contribution >= 4 is 11.6 Å². The van der Waals surface area contributed by atoms with Crippen molar-refractivity contribution in [3.05, 3.63) is 70.2 Å². The van der Waals surface area contributed by atoms with Crippen molar-refractivity contribution in [3.63, 3.8) is 0 Å². The maximum Gasteiger partial charge on any atom is 0.112 e. The third-order valence-electron chi connectivity index (χ3n) is 3.07. The van der Waals surface area contributed by atoms with E-state index in [2.05, 4.69) is 0 Å². The standard InChI is InChI=1S/C15H15ClO/c1-11-8-9-13(10-14(11)16)15(2,17)12-6-4-3-5-7-12/h3-10,17H,1-2H3. The molecule has 0 aliphatic heterocycles. The summed E-state index contributed by atoms with van der Waals surface area (Å²) in [7, 11) is 0. The fourth-order valence-corrected chi connectivity index (χ4v) is 2.01. The van der Waals surface area contributed by atoms with Gasteiger partial charge < -0.3 is 5.11 Å². The molecule has 0 saturated carbocycles. The molecule has 0 radical (unpaired) electrons. The Morgan fingerprint density at radius 3 is 2.24 bits per heavy atom.